The highest BCUT2D eigenvalue weighted by Crippen LogP contribution is 2.16. The molecule has 0 heterocycles. The van der Waals surface area contributed by atoms with Crippen LogP contribution in [0.3, 0.4) is 0 Å². The molecule has 0 fully saturated rings. The lowest BCUT2D eigenvalue weighted by Gasteiger charge is -2.52. The second kappa shape index (κ2) is 59.8. The molecule has 0 aliphatic carbocycles. The molecule has 0 spiro atoms. The average Bonchev–Trinajstić information content (AvgIpc) is 3.12. The van der Waals surface area contributed by atoms with Gasteiger partial charge in [0.1, 0.15) is 0 Å². The van der Waals surface area contributed by atoms with E-state index >= 15 is 0 Å². The summed E-state index contributed by atoms with van der Waals surface area (Å²) in [6.45, 7) is 3.43. The van der Waals surface area contributed by atoms with E-state index in [1.165, 1.54) is 21.2 Å². The van der Waals surface area contributed by atoms with E-state index in [0.717, 1.165) is 0 Å². The lowest BCUT2D eigenvalue weighted by Crippen LogP contribution is -2.90. The van der Waals surface area contributed by atoms with Gasteiger partial charge in [0.05, 0.1) is 0 Å². The maximum atomic E-state index is 6.50. The van der Waals surface area contributed by atoms with Gasteiger partial charge in [0, 0.05) is 313 Å². The molecule has 0 amide bonds. The Kier molecular flexibility index (Phi) is 88.9. The SMILES string of the molecule is C.C.C.C.C.C.C.C.C.C.CC#CC#CC#CC#CC#CC#CC.[B][B]B([B])B(B(B([B])[B])B([B])[B])B(B(B([B])[B])B(B([B])[B])B([B])[B])B(B([B])[B][B])B(B([B])[B])B([B])[B].[B][B]B([B])[B]B([B])[B]. The first-order valence-corrected chi connectivity index (χ1v) is 17.8. The third-order valence-electron chi connectivity index (χ3n) is 8.59. The van der Waals surface area contributed by atoms with Crippen LogP contribution in [0.1, 0.15) is 88.1 Å². The first-order valence-electron chi connectivity index (χ1n) is 17.8. The van der Waals surface area contributed by atoms with E-state index < -0.39 is 109 Å². The molecule has 0 aliphatic heterocycles. The van der Waals surface area contributed by atoms with Crippen molar-refractivity contribution in [2.75, 3.05) is 0 Å². The van der Waals surface area contributed by atoms with Crippen LogP contribution >= 0.6 is 0 Å². The van der Waals surface area contributed by atoms with Crippen LogP contribution in [0.5, 0.6) is 0 Å². The minimum absolute atomic E-state index is 0. The van der Waals surface area contributed by atoms with Gasteiger partial charge in [-0.15, -0.1) is 0 Å². The average molecular weight is 810 g/mol. The van der Waals surface area contributed by atoms with Crippen molar-refractivity contribution < 1.29 is 0 Å². The van der Waals surface area contributed by atoms with Crippen LogP contribution in [0.2, 0.25) is 0 Å². The van der Waals surface area contributed by atoms with E-state index in [2.05, 4.69) is 71.0 Å². The highest BCUT2D eigenvalue weighted by molar-refractivity contribution is 8.30. The summed E-state index contributed by atoms with van der Waals surface area (Å²) in [4.78, 5) is 0. The zero-order valence-electron chi connectivity index (χ0n) is 33.4. The van der Waals surface area contributed by atoms with E-state index in [-0.39, 0.29) is 80.7 Å². The fraction of sp³-hybridized carbons (Fsp3) is 0.500. The van der Waals surface area contributed by atoms with Crippen LogP contribution in [0.4, 0.5) is 0 Å². The fourth-order valence-corrected chi connectivity index (χ4v) is 6.34. The Morgan fingerprint density at radius 1 is 0.265 bits per heavy atom. The molecule has 0 nitrogen and oxygen atoms in total. The molecule has 0 atom stereocenters. The van der Waals surface area contributed by atoms with Gasteiger partial charge in [-0.1, -0.05) is 86.1 Å². The van der Waals surface area contributed by atoms with Gasteiger partial charge in [-0.2, -0.15) is 0 Å². The van der Waals surface area contributed by atoms with E-state index in [1.54, 1.807) is 20.9 Å². The molecule has 0 aliphatic rings. The molecular formula is C24H46B44. The molecular weight excluding hydrogens is 764 g/mol. The summed E-state index contributed by atoms with van der Waals surface area (Å²) in [5, 5.41) is 0. The van der Waals surface area contributed by atoms with Gasteiger partial charge in [-0.3, -0.25) is 0 Å². The molecule has 48 radical (unpaired) electrons. The Morgan fingerprint density at radius 2 is 0.471 bits per heavy atom. The molecule has 0 saturated heterocycles. The van der Waals surface area contributed by atoms with Crippen LogP contribution in [0.25, 0.3) is 0 Å². The van der Waals surface area contributed by atoms with Crippen molar-refractivity contribution in [3.05, 3.63) is 0 Å². The van der Waals surface area contributed by atoms with Crippen LogP contribution in [0, 0.1) is 71.0 Å². The fourth-order valence-electron chi connectivity index (χ4n) is 6.34. The topological polar surface area (TPSA) is 0 Å². The van der Waals surface area contributed by atoms with E-state index in [9.17, 15) is 0 Å². The Bertz CT molecular complexity index is 1370. The zero-order valence-corrected chi connectivity index (χ0v) is 33.4. The molecule has 0 aromatic rings. The zero-order chi connectivity index (χ0) is 45.7. The number of rotatable bonds is 20. The first-order chi connectivity index (χ1) is 27.0. The van der Waals surface area contributed by atoms with Gasteiger partial charge in [0.25, 0.3) is 0 Å². The van der Waals surface area contributed by atoms with Crippen molar-refractivity contribution in [1.29, 1.82) is 0 Å². The molecule has 0 aromatic heterocycles. The summed E-state index contributed by atoms with van der Waals surface area (Å²) >= 11 is 0. The summed E-state index contributed by atoms with van der Waals surface area (Å²) in [6.07, 6.45) is -16.7. The van der Waals surface area contributed by atoms with E-state index in [1.807, 2.05) is 0 Å². The molecule has 274 valence electrons. The van der Waals surface area contributed by atoms with E-state index in [4.69, 9.17) is 170 Å². The van der Waals surface area contributed by atoms with Crippen molar-refractivity contribution in [2.45, 2.75) is 88.1 Å². The Morgan fingerprint density at radius 3 is 0.618 bits per heavy atom. The minimum Gasteiger partial charge on any atom is -0.0925 e. The highest BCUT2D eigenvalue weighted by Gasteiger charge is 2.54. The van der Waals surface area contributed by atoms with Gasteiger partial charge < -0.3 is 0 Å². The Labute approximate surface area is 469 Å². The molecule has 0 saturated carbocycles. The van der Waals surface area contributed by atoms with Crippen LogP contribution in [-0.4, -0.2) is 313 Å². The van der Waals surface area contributed by atoms with Crippen molar-refractivity contribution in [3.63, 3.8) is 0 Å². The molecule has 44 heteroatoms. The van der Waals surface area contributed by atoms with E-state index in [0.29, 0.717) is 0 Å². The molecule has 0 rings (SSSR count). The summed E-state index contributed by atoms with van der Waals surface area (Å²) in [7, 11) is 137. The largest absolute Gasteiger partial charge is 0.0925 e. The maximum Gasteiger partial charge on any atom is 0 e. The smallest absolute Gasteiger partial charge is 0 e. The summed E-state index contributed by atoms with van der Waals surface area (Å²) < 4.78 is 0. The highest BCUT2D eigenvalue weighted by atomic mass is 13.6. The third-order valence-corrected chi connectivity index (χ3v) is 8.59. The molecule has 68 heavy (non-hydrogen) atoms. The third kappa shape index (κ3) is 42.7. The minimum atomic E-state index is -1.16. The summed E-state index contributed by atoms with van der Waals surface area (Å²) in [6, 6.07) is 0. The van der Waals surface area contributed by atoms with Crippen LogP contribution < -0.4 is 0 Å². The van der Waals surface area contributed by atoms with Gasteiger partial charge in [0.15, 0.2) is 0 Å². The summed E-state index contributed by atoms with van der Waals surface area (Å²) in [5.74, 6) is 30.6. The molecule has 0 aromatic carbocycles. The number of hydrogen-bond donors (Lipinski definition) is 0. The second-order valence-corrected chi connectivity index (χ2v) is 12.9. The molecule has 0 unspecified atom stereocenters. The van der Waals surface area contributed by atoms with Gasteiger partial charge in [-0.25, -0.2) is 0 Å². The Balaban J connectivity index is -0.0000000726. The van der Waals surface area contributed by atoms with Crippen molar-refractivity contribution in [2.24, 2.45) is 0 Å². The van der Waals surface area contributed by atoms with Gasteiger partial charge >= 0.3 is 0 Å². The van der Waals surface area contributed by atoms with Crippen LogP contribution in [0.15, 0.2) is 0 Å². The second-order valence-electron chi connectivity index (χ2n) is 12.9. The first kappa shape index (κ1) is 101. The lowest BCUT2D eigenvalue weighted by molar-refractivity contribution is 1.92. The quantitative estimate of drug-likeness (QED) is 0.0849. The van der Waals surface area contributed by atoms with Crippen LogP contribution in [-0.2, 0) is 0 Å². The standard InChI is InChI=1S/C14H6.10CH4.B36.B8/c1-3-5-7-9-11-13-14-12-10-8-6-4-2;;;;;;;;;;;1-19-28(17)34(31(23(7)8)24(9)10)36(33(27(15)16)30(21(3)4)22(5)6)35(29(18)20-2)32(25(11)12)26(13)14;1-5-8(4)6-7(2)3/h1-2H3;10*1H4;;. The monoisotopic (exact) mass is 819 g/mol. The van der Waals surface area contributed by atoms with Gasteiger partial charge in [0.2, 0.25) is 0 Å². The normalized spacial score (nSPS) is 6.68. The predicted octanol–water partition coefficient (Wildman–Crippen LogP) is -9.35. The van der Waals surface area contributed by atoms with Gasteiger partial charge in [-0.05, 0) is 73.1 Å². The summed E-state index contributed by atoms with van der Waals surface area (Å²) in [5.41, 5.74) is 0. The lowest BCUT2D eigenvalue weighted by atomic mass is 8.29. The predicted molar refractivity (Wildman–Crippen MR) is 378 cm³/mol. The molecule has 0 bridgehead atoms. The van der Waals surface area contributed by atoms with Crippen molar-refractivity contribution in [3.8, 4) is 71.0 Å². The molecule has 0 N–H and O–H groups in total. The Hall–Kier alpha value is 0.217. The number of hydrogen-bond acceptors (Lipinski definition) is 0. The van der Waals surface area contributed by atoms with Crippen molar-refractivity contribution >= 4 is 313 Å². The maximum absolute atomic E-state index is 6.50. The van der Waals surface area contributed by atoms with Crippen molar-refractivity contribution in [1.82, 2.24) is 0 Å².